The second kappa shape index (κ2) is 6.24. The molecular formula is C15H23NO3S. The molecule has 0 N–H and O–H groups in total. The third kappa shape index (κ3) is 3.22. The highest BCUT2D eigenvalue weighted by Crippen LogP contribution is 2.22. The van der Waals surface area contributed by atoms with Gasteiger partial charge in [0.2, 0.25) is 10.0 Å². The molecule has 1 heterocycles. The smallest absolute Gasteiger partial charge is 0.243 e. The van der Waals surface area contributed by atoms with Crippen LogP contribution >= 0.6 is 0 Å². The summed E-state index contributed by atoms with van der Waals surface area (Å²) in [6.07, 6.45) is 0.984. The molecule has 2 rings (SSSR count). The van der Waals surface area contributed by atoms with Crippen LogP contribution in [0.3, 0.4) is 0 Å². The van der Waals surface area contributed by atoms with Crippen molar-refractivity contribution in [2.45, 2.75) is 38.2 Å². The second-order valence-corrected chi connectivity index (χ2v) is 7.41. The molecule has 1 aromatic carbocycles. The van der Waals surface area contributed by atoms with Crippen LogP contribution in [0.5, 0.6) is 0 Å². The molecular weight excluding hydrogens is 274 g/mol. The molecule has 1 aromatic rings. The third-order valence-electron chi connectivity index (χ3n) is 3.99. The highest BCUT2D eigenvalue weighted by Gasteiger charge is 2.32. The molecule has 1 fully saturated rings. The lowest BCUT2D eigenvalue weighted by molar-refractivity contribution is -0.0312. The van der Waals surface area contributed by atoms with Crippen molar-refractivity contribution in [1.82, 2.24) is 4.31 Å². The topological polar surface area (TPSA) is 46.6 Å². The van der Waals surface area contributed by atoms with Crippen molar-refractivity contribution in [2.75, 3.05) is 19.7 Å². The number of sulfonamides is 1. The van der Waals surface area contributed by atoms with E-state index in [4.69, 9.17) is 4.74 Å². The van der Waals surface area contributed by atoms with Crippen LogP contribution < -0.4 is 0 Å². The van der Waals surface area contributed by atoms with Crippen LogP contribution in [-0.4, -0.2) is 38.5 Å². The zero-order valence-electron chi connectivity index (χ0n) is 12.4. The van der Waals surface area contributed by atoms with Crippen LogP contribution in [0.25, 0.3) is 0 Å². The Morgan fingerprint density at radius 2 is 2.00 bits per heavy atom. The normalized spacial score (nSPS) is 22.6. The van der Waals surface area contributed by atoms with E-state index in [0.29, 0.717) is 30.5 Å². The molecule has 1 aliphatic rings. The van der Waals surface area contributed by atoms with Crippen molar-refractivity contribution in [3.05, 3.63) is 29.8 Å². The van der Waals surface area contributed by atoms with E-state index >= 15 is 0 Å². The molecule has 0 aliphatic carbocycles. The Kier molecular flexibility index (Phi) is 4.83. The van der Waals surface area contributed by atoms with Crippen molar-refractivity contribution in [3.8, 4) is 0 Å². The number of aryl methyl sites for hydroxylation is 1. The predicted molar refractivity (Wildman–Crippen MR) is 79.1 cm³/mol. The molecule has 5 heteroatoms. The van der Waals surface area contributed by atoms with Crippen molar-refractivity contribution in [2.24, 2.45) is 5.92 Å². The quantitative estimate of drug-likeness (QED) is 0.857. The summed E-state index contributed by atoms with van der Waals surface area (Å²) < 4.78 is 32.5. The van der Waals surface area contributed by atoms with Gasteiger partial charge in [0.05, 0.1) is 17.6 Å². The van der Waals surface area contributed by atoms with Gasteiger partial charge < -0.3 is 4.74 Å². The lowest BCUT2D eigenvalue weighted by Gasteiger charge is -2.34. The minimum Gasteiger partial charge on any atom is -0.375 e. The van der Waals surface area contributed by atoms with Gasteiger partial charge in [0, 0.05) is 13.1 Å². The summed E-state index contributed by atoms with van der Waals surface area (Å²) in [5.41, 5.74) is 1.06. The first-order chi connectivity index (χ1) is 9.45. The highest BCUT2D eigenvalue weighted by molar-refractivity contribution is 7.89. The third-order valence-corrected chi connectivity index (χ3v) is 5.87. The zero-order valence-corrected chi connectivity index (χ0v) is 13.2. The molecule has 112 valence electrons. The molecule has 1 aliphatic heterocycles. The minimum atomic E-state index is -3.40. The number of benzene rings is 1. The van der Waals surface area contributed by atoms with Gasteiger partial charge in [-0.2, -0.15) is 4.31 Å². The summed E-state index contributed by atoms with van der Waals surface area (Å²) in [4.78, 5) is 0.368. The van der Waals surface area contributed by atoms with Gasteiger partial charge in [0.25, 0.3) is 0 Å². The van der Waals surface area contributed by atoms with E-state index in [1.54, 1.807) is 16.4 Å². The molecule has 2 atom stereocenters. The second-order valence-electron chi connectivity index (χ2n) is 5.47. The maximum absolute atomic E-state index is 12.6. The fourth-order valence-electron chi connectivity index (χ4n) is 2.34. The molecule has 1 saturated heterocycles. The van der Waals surface area contributed by atoms with Crippen molar-refractivity contribution >= 4 is 10.0 Å². The summed E-state index contributed by atoms with van der Waals surface area (Å²) in [6, 6.07) is 7.02. The van der Waals surface area contributed by atoms with Crippen LogP contribution in [0, 0.1) is 12.8 Å². The Morgan fingerprint density at radius 1 is 1.35 bits per heavy atom. The number of nitrogens with zero attached hydrogens (tertiary/aromatic N) is 1. The predicted octanol–water partition coefficient (Wildman–Crippen LogP) is 2.43. The maximum atomic E-state index is 12.6. The Morgan fingerprint density at radius 3 is 2.60 bits per heavy atom. The fraction of sp³-hybridized carbons (Fsp3) is 0.600. The van der Waals surface area contributed by atoms with Gasteiger partial charge in [-0.25, -0.2) is 8.42 Å². The summed E-state index contributed by atoms with van der Waals surface area (Å²) >= 11 is 0. The van der Waals surface area contributed by atoms with Gasteiger partial charge in [0.15, 0.2) is 0 Å². The van der Waals surface area contributed by atoms with Crippen LogP contribution in [0.15, 0.2) is 29.2 Å². The first-order valence-corrected chi connectivity index (χ1v) is 8.57. The minimum absolute atomic E-state index is 0.00558. The monoisotopic (exact) mass is 297 g/mol. The van der Waals surface area contributed by atoms with Crippen molar-refractivity contribution in [3.63, 3.8) is 0 Å². The van der Waals surface area contributed by atoms with Crippen LogP contribution in [-0.2, 0) is 14.8 Å². The van der Waals surface area contributed by atoms with Crippen LogP contribution in [0.2, 0.25) is 0 Å². The Hall–Kier alpha value is -0.910. The Balaban J connectivity index is 2.19. The van der Waals surface area contributed by atoms with Crippen LogP contribution in [0.4, 0.5) is 0 Å². The van der Waals surface area contributed by atoms with Gasteiger partial charge in [0.1, 0.15) is 0 Å². The molecule has 0 saturated carbocycles. The van der Waals surface area contributed by atoms with E-state index in [-0.39, 0.29) is 6.10 Å². The summed E-state index contributed by atoms with van der Waals surface area (Å²) in [6.45, 7) is 7.51. The summed E-state index contributed by atoms with van der Waals surface area (Å²) in [5, 5.41) is 0. The summed E-state index contributed by atoms with van der Waals surface area (Å²) in [7, 11) is -3.40. The standard InChI is InChI=1S/C15H23NO3S/c1-4-13(3)15-11-16(9-10-19-15)20(17,18)14-7-5-12(2)6-8-14/h5-8,13,15H,4,9-11H2,1-3H3/t13-,15-/m0/s1. The molecule has 0 amide bonds. The summed E-state index contributed by atoms with van der Waals surface area (Å²) in [5.74, 6) is 0.367. The molecule has 0 unspecified atom stereocenters. The average molecular weight is 297 g/mol. The Labute approximate surface area is 121 Å². The molecule has 4 nitrogen and oxygen atoms in total. The first kappa shape index (κ1) is 15.5. The zero-order chi connectivity index (χ0) is 14.8. The number of morpholine rings is 1. The average Bonchev–Trinajstić information content (AvgIpc) is 2.47. The fourth-order valence-corrected chi connectivity index (χ4v) is 3.77. The first-order valence-electron chi connectivity index (χ1n) is 7.13. The van der Waals surface area contributed by atoms with E-state index in [1.165, 1.54) is 0 Å². The van der Waals surface area contributed by atoms with Gasteiger partial charge >= 0.3 is 0 Å². The molecule has 20 heavy (non-hydrogen) atoms. The largest absolute Gasteiger partial charge is 0.375 e. The lowest BCUT2D eigenvalue weighted by atomic mass is 10.0. The van der Waals surface area contributed by atoms with Gasteiger partial charge in [-0.05, 0) is 25.0 Å². The SMILES string of the molecule is CC[C@H](C)[C@@H]1CN(S(=O)(=O)c2ccc(C)cc2)CCO1. The number of ether oxygens (including phenoxy) is 1. The molecule has 0 radical (unpaired) electrons. The van der Waals surface area contributed by atoms with E-state index in [0.717, 1.165) is 12.0 Å². The molecule has 0 bridgehead atoms. The number of hydrogen-bond donors (Lipinski definition) is 0. The highest BCUT2D eigenvalue weighted by atomic mass is 32.2. The van der Waals surface area contributed by atoms with Gasteiger partial charge in [-0.3, -0.25) is 0 Å². The Bertz CT molecular complexity index is 539. The lowest BCUT2D eigenvalue weighted by Crippen LogP contribution is -2.47. The maximum Gasteiger partial charge on any atom is 0.243 e. The van der Waals surface area contributed by atoms with Crippen molar-refractivity contribution < 1.29 is 13.2 Å². The van der Waals surface area contributed by atoms with Crippen molar-refractivity contribution in [1.29, 1.82) is 0 Å². The number of hydrogen-bond acceptors (Lipinski definition) is 3. The molecule has 0 aromatic heterocycles. The van der Waals surface area contributed by atoms with E-state index in [9.17, 15) is 8.42 Å². The van der Waals surface area contributed by atoms with E-state index < -0.39 is 10.0 Å². The molecule has 0 spiro atoms. The van der Waals surface area contributed by atoms with Crippen LogP contribution in [0.1, 0.15) is 25.8 Å². The van der Waals surface area contributed by atoms with Gasteiger partial charge in [-0.1, -0.05) is 38.0 Å². The van der Waals surface area contributed by atoms with E-state index in [2.05, 4.69) is 13.8 Å². The van der Waals surface area contributed by atoms with Gasteiger partial charge in [-0.15, -0.1) is 0 Å². The number of rotatable bonds is 4. The van der Waals surface area contributed by atoms with E-state index in [1.807, 2.05) is 19.1 Å².